The molecule has 0 aliphatic heterocycles. The molecule has 0 aliphatic carbocycles. The van der Waals surface area contributed by atoms with Crippen LogP contribution >= 0.6 is 23.2 Å². The third kappa shape index (κ3) is 4.65. The highest BCUT2D eigenvalue weighted by Gasteiger charge is 2.19. The van der Waals surface area contributed by atoms with Crippen molar-refractivity contribution >= 4 is 29.1 Å². The first-order chi connectivity index (χ1) is 10.6. The Bertz CT molecular complexity index is 629. The summed E-state index contributed by atoms with van der Waals surface area (Å²) in [5.74, 6) is 0.343. The van der Waals surface area contributed by atoms with Crippen LogP contribution in [-0.2, 0) is 11.3 Å². The van der Waals surface area contributed by atoms with E-state index in [1.165, 1.54) is 0 Å². The highest BCUT2D eigenvalue weighted by molar-refractivity contribution is 6.32. The van der Waals surface area contributed by atoms with Crippen LogP contribution < -0.4 is 10.1 Å². The van der Waals surface area contributed by atoms with Crippen molar-refractivity contribution in [3.8, 4) is 5.75 Å². The highest BCUT2D eigenvalue weighted by Crippen LogP contribution is 2.24. The van der Waals surface area contributed by atoms with Crippen LogP contribution in [0.25, 0.3) is 0 Å². The molecule has 0 aromatic heterocycles. The Balaban J connectivity index is 1.94. The zero-order valence-electron chi connectivity index (χ0n) is 12.2. The smallest absolute Gasteiger partial charge is 0.261 e. The molecule has 0 radical (unpaired) electrons. The molecule has 1 atom stereocenters. The third-order valence-corrected chi connectivity index (χ3v) is 3.71. The van der Waals surface area contributed by atoms with E-state index in [9.17, 15) is 4.79 Å². The van der Waals surface area contributed by atoms with Gasteiger partial charge in [0.15, 0.2) is 6.10 Å². The van der Waals surface area contributed by atoms with Crippen LogP contribution in [0.15, 0.2) is 48.5 Å². The normalized spacial score (nSPS) is 11.8. The molecular weight excluding hydrogens is 321 g/mol. The van der Waals surface area contributed by atoms with Gasteiger partial charge >= 0.3 is 0 Å². The lowest BCUT2D eigenvalue weighted by Crippen LogP contribution is -2.37. The van der Waals surface area contributed by atoms with Crippen LogP contribution in [0.5, 0.6) is 5.75 Å². The predicted octanol–water partition coefficient (Wildman–Crippen LogP) is 4.47. The zero-order valence-corrected chi connectivity index (χ0v) is 13.7. The van der Waals surface area contributed by atoms with Crippen LogP contribution in [-0.4, -0.2) is 12.0 Å². The topological polar surface area (TPSA) is 38.3 Å². The van der Waals surface area contributed by atoms with Gasteiger partial charge in [0.05, 0.1) is 5.02 Å². The van der Waals surface area contributed by atoms with Crippen molar-refractivity contribution in [1.82, 2.24) is 5.32 Å². The molecular formula is C17H17Cl2NO2. The van der Waals surface area contributed by atoms with Crippen molar-refractivity contribution < 1.29 is 9.53 Å². The number of ether oxygens (including phenoxy) is 1. The summed E-state index contributed by atoms with van der Waals surface area (Å²) in [6, 6.07) is 14.4. The Morgan fingerprint density at radius 1 is 1.14 bits per heavy atom. The van der Waals surface area contributed by atoms with E-state index in [-0.39, 0.29) is 5.91 Å². The van der Waals surface area contributed by atoms with Gasteiger partial charge in [-0.1, -0.05) is 54.4 Å². The first kappa shape index (κ1) is 16.7. The van der Waals surface area contributed by atoms with Crippen molar-refractivity contribution in [2.75, 3.05) is 0 Å². The van der Waals surface area contributed by atoms with Crippen LogP contribution in [0.1, 0.15) is 18.9 Å². The predicted molar refractivity (Wildman–Crippen MR) is 89.5 cm³/mol. The van der Waals surface area contributed by atoms with Gasteiger partial charge in [-0.05, 0) is 36.2 Å². The van der Waals surface area contributed by atoms with Crippen LogP contribution in [0.2, 0.25) is 10.0 Å². The molecule has 0 unspecified atom stereocenters. The van der Waals surface area contributed by atoms with Gasteiger partial charge in [0, 0.05) is 11.6 Å². The molecule has 5 heteroatoms. The summed E-state index contributed by atoms with van der Waals surface area (Å²) in [6.45, 7) is 2.32. The Hall–Kier alpha value is -1.71. The number of para-hydroxylation sites is 1. The number of rotatable bonds is 6. The molecule has 0 fully saturated rings. The van der Waals surface area contributed by atoms with E-state index in [1.54, 1.807) is 24.3 Å². The molecule has 1 N–H and O–H groups in total. The van der Waals surface area contributed by atoms with Gasteiger partial charge in [-0.15, -0.1) is 0 Å². The SMILES string of the molecule is CC[C@H](Oc1ccccc1Cl)C(=O)NCc1ccc(Cl)cc1. The molecule has 2 rings (SSSR count). The number of carbonyl (C=O) groups excluding carboxylic acids is 1. The number of carbonyl (C=O) groups is 1. The maximum Gasteiger partial charge on any atom is 0.261 e. The summed E-state index contributed by atoms with van der Waals surface area (Å²) in [7, 11) is 0. The van der Waals surface area contributed by atoms with E-state index in [0.717, 1.165) is 5.56 Å². The summed E-state index contributed by atoms with van der Waals surface area (Å²) in [5.41, 5.74) is 0.977. The quantitative estimate of drug-likeness (QED) is 0.844. The minimum Gasteiger partial charge on any atom is -0.479 e. The molecule has 0 spiro atoms. The summed E-state index contributed by atoms with van der Waals surface area (Å²) in [6.07, 6.45) is -0.0234. The standard InChI is InChI=1S/C17H17Cl2NO2/c1-2-15(22-16-6-4-3-5-14(16)19)17(21)20-11-12-7-9-13(18)10-8-12/h3-10,15H,2,11H2,1H3,(H,20,21)/t15-/m0/s1. The summed E-state index contributed by atoms with van der Waals surface area (Å²) >= 11 is 11.9. The second-order valence-electron chi connectivity index (χ2n) is 4.79. The van der Waals surface area contributed by atoms with Gasteiger partial charge in [-0.25, -0.2) is 0 Å². The average molecular weight is 338 g/mol. The fraction of sp³-hybridized carbons (Fsp3) is 0.235. The molecule has 0 heterocycles. The Labute approximate surface area is 140 Å². The summed E-state index contributed by atoms with van der Waals surface area (Å²) in [5, 5.41) is 4.02. The lowest BCUT2D eigenvalue weighted by Gasteiger charge is -2.18. The van der Waals surface area contributed by atoms with Gasteiger partial charge < -0.3 is 10.1 Å². The first-order valence-corrected chi connectivity index (χ1v) is 7.79. The van der Waals surface area contributed by atoms with Gasteiger partial charge in [-0.3, -0.25) is 4.79 Å². The van der Waals surface area contributed by atoms with Gasteiger partial charge in [0.25, 0.3) is 5.91 Å². The minimum absolute atomic E-state index is 0.169. The average Bonchev–Trinajstić information content (AvgIpc) is 2.53. The number of halogens is 2. The second-order valence-corrected chi connectivity index (χ2v) is 5.63. The van der Waals surface area contributed by atoms with Crippen LogP contribution in [0.4, 0.5) is 0 Å². The minimum atomic E-state index is -0.577. The Morgan fingerprint density at radius 2 is 1.82 bits per heavy atom. The molecule has 0 saturated heterocycles. The maximum atomic E-state index is 12.2. The zero-order chi connectivity index (χ0) is 15.9. The van der Waals surface area contributed by atoms with Gasteiger partial charge in [-0.2, -0.15) is 0 Å². The molecule has 2 aromatic carbocycles. The Kier molecular flexibility index (Phi) is 6.10. The fourth-order valence-corrected chi connectivity index (χ4v) is 2.23. The summed E-state index contributed by atoms with van der Waals surface area (Å²) in [4.78, 5) is 12.2. The highest BCUT2D eigenvalue weighted by atomic mass is 35.5. The molecule has 1 amide bonds. The maximum absolute atomic E-state index is 12.2. The molecule has 116 valence electrons. The number of hydrogen-bond acceptors (Lipinski definition) is 2. The van der Waals surface area contributed by atoms with E-state index in [2.05, 4.69) is 5.32 Å². The molecule has 0 bridgehead atoms. The van der Waals surface area contributed by atoms with E-state index >= 15 is 0 Å². The Morgan fingerprint density at radius 3 is 2.45 bits per heavy atom. The number of amides is 1. The largest absolute Gasteiger partial charge is 0.479 e. The second kappa shape index (κ2) is 8.06. The van der Waals surface area contributed by atoms with E-state index in [1.807, 2.05) is 31.2 Å². The number of nitrogens with one attached hydrogen (secondary N) is 1. The van der Waals surface area contributed by atoms with Crippen LogP contribution in [0.3, 0.4) is 0 Å². The molecule has 0 saturated carbocycles. The van der Waals surface area contributed by atoms with Crippen molar-refractivity contribution in [2.24, 2.45) is 0 Å². The molecule has 2 aromatic rings. The fourth-order valence-electron chi connectivity index (χ4n) is 1.92. The first-order valence-electron chi connectivity index (χ1n) is 7.03. The number of hydrogen-bond donors (Lipinski definition) is 1. The van der Waals surface area contributed by atoms with Gasteiger partial charge in [0.1, 0.15) is 5.75 Å². The lowest BCUT2D eigenvalue weighted by atomic mass is 10.2. The summed E-state index contributed by atoms with van der Waals surface area (Å²) < 4.78 is 5.70. The van der Waals surface area contributed by atoms with Crippen LogP contribution in [0, 0.1) is 0 Å². The van der Waals surface area contributed by atoms with Crippen molar-refractivity contribution in [3.05, 3.63) is 64.1 Å². The molecule has 0 aliphatic rings. The van der Waals surface area contributed by atoms with Crippen molar-refractivity contribution in [2.45, 2.75) is 26.0 Å². The van der Waals surface area contributed by atoms with E-state index < -0.39 is 6.10 Å². The lowest BCUT2D eigenvalue weighted by molar-refractivity contribution is -0.128. The third-order valence-electron chi connectivity index (χ3n) is 3.15. The molecule has 3 nitrogen and oxygen atoms in total. The van der Waals surface area contributed by atoms with Crippen molar-refractivity contribution in [1.29, 1.82) is 0 Å². The number of benzene rings is 2. The van der Waals surface area contributed by atoms with E-state index in [4.69, 9.17) is 27.9 Å². The van der Waals surface area contributed by atoms with Crippen molar-refractivity contribution in [3.63, 3.8) is 0 Å². The monoisotopic (exact) mass is 337 g/mol. The van der Waals surface area contributed by atoms with E-state index in [0.29, 0.717) is 28.8 Å². The van der Waals surface area contributed by atoms with Gasteiger partial charge in [0.2, 0.25) is 0 Å². The molecule has 22 heavy (non-hydrogen) atoms.